The van der Waals surface area contributed by atoms with E-state index >= 15 is 0 Å². The molecule has 2 rings (SSSR count). The van der Waals surface area contributed by atoms with Gasteiger partial charge in [-0.3, -0.25) is 4.79 Å². The summed E-state index contributed by atoms with van der Waals surface area (Å²) >= 11 is 0. The number of nitrogens with zero attached hydrogens (tertiary/aromatic N) is 2. The number of nitrogens with one attached hydrogen (secondary N) is 1. The fourth-order valence-corrected chi connectivity index (χ4v) is 3.07. The highest BCUT2D eigenvalue weighted by Crippen LogP contribution is 2.24. The highest BCUT2D eigenvalue weighted by Gasteiger charge is 2.24. The lowest BCUT2D eigenvalue weighted by atomic mass is 10.0. The van der Waals surface area contributed by atoms with E-state index in [1.807, 2.05) is 44.7 Å². The maximum absolute atomic E-state index is 12.9. The Labute approximate surface area is 150 Å². The van der Waals surface area contributed by atoms with Crippen LogP contribution < -0.4 is 10.1 Å². The SMILES string of the molecule is COc1cc(C)c(C(=O)N2CCCN(C(=O)NC(C)C)CC2)cc1C. The predicted molar refractivity (Wildman–Crippen MR) is 98.2 cm³/mol. The van der Waals surface area contributed by atoms with E-state index in [-0.39, 0.29) is 18.0 Å². The summed E-state index contributed by atoms with van der Waals surface area (Å²) in [5.41, 5.74) is 2.56. The maximum atomic E-state index is 12.9. The summed E-state index contributed by atoms with van der Waals surface area (Å²) < 4.78 is 5.32. The molecule has 0 aliphatic carbocycles. The normalized spacial score (nSPS) is 15.1. The molecule has 6 nitrogen and oxygen atoms in total. The standard InChI is InChI=1S/C19H29N3O3/c1-13(2)20-19(24)22-8-6-7-21(9-10-22)18(23)16-11-15(4)17(25-5)12-14(16)3/h11-13H,6-10H2,1-5H3,(H,20,24). The molecule has 6 heteroatoms. The number of ether oxygens (including phenoxy) is 1. The number of amides is 3. The number of methoxy groups -OCH3 is 1. The van der Waals surface area contributed by atoms with E-state index in [1.54, 1.807) is 12.0 Å². The molecule has 138 valence electrons. The Hall–Kier alpha value is -2.24. The molecule has 0 spiro atoms. The molecule has 1 aromatic carbocycles. The molecule has 1 aliphatic heterocycles. The number of benzene rings is 1. The molecule has 0 aromatic heterocycles. The maximum Gasteiger partial charge on any atom is 0.317 e. The second kappa shape index (κ2) is 8.23. The molecule has 0 saturated carbocycles. The molecule has 1 N–H and O–H groups in total. The zero-order valence-electron chi connectivity index (χ0n) is 15.9. The zero-order valence-corrected chi connectivity index (χ0v) is 15.9. The Morgan fingerprint density at radius 3 is 2.32 bits per heavy atom. The second-order valence-corrected chi connectivity index (χ2v) is 6.87. The Bertz CT molecular complexity index is 643. The first-order valence-electron chi connectivity index (χ1n) is 8.83. The first-order chi connectivity index (χ1) is 11.8. The van der Waals surface area contributed by atoms with Gasteiger partial charge in [0.1, 0.15) is 5.75 Å². The van der Waals surface area contributed by atoms with Crippen LogP contribution in [-0.2, 0) is 0 Å². The third-order valence-corrected chi connectivity index (χ3v) is 4.45. The quantitative estimate of drug-likeness (QED) is 0.914. The summed E-state index contributed by atoms with van der Waals surface area (Å²) in [6.07, 6.45) is 0.783. The van der Waals surface area contributed by atoms with E-state index in [1.165, 1.54) is 0 Å². The van der Waals surface area contributed by atoms with Gasteiger partial charge in [-0.1, -0.05) is 0 Å². The van der Waals surface area contributed by atoms with Crippen molar-refractivity contribution in [3.63, 3.8) is 0 Å². The molecule has 3 amide bonds. The molecule has 1 heterocycles. The lowest BCUT2D eigenvalue weighted by molar-refractivity contribution is 0.0761. The Morgan fingerprint density at radius 1 is 1.04 bits per heavy atom. The van der Waals surface area contributed by atoms with Gasteiger partial charge in [0.2, 0.25) is 0 Å². The number of carbonyl (C=O) groups excluding carboxylic acids is 2. The summed E-state index contributed by atoms with van der Waals surface area (Å²) in [6, 6.07) is 3.85. The van der Waals surface area contributed by atoms with Crippen molar-refractivity contribution in [2.75, 3.05) is 33.3 Å². The van der Waals surface area contributed by atoms with Crippen molar-refractivity contribution in [1.29, 1.82) is 0 Å². The van der Waals surface area contributed by atoms with Crippen LogP contribution in [0.4, 0.5) is 4.79 Å². The van der Waals surface area contributed by atoms with Crippen LogP contribution in [0.5, 0.6) is 5.75 Å². The lowest BCUT2D eigenvalue weighted by Crippen LogP contribution is -2.44. The van der Waals surface area contributed by atoms with Crippen molar-refractivity contribution < 1.29 is 14.3 Å². The smallest absolute Gasteiger partial charge is 0.317 e. The predicted octanol–water partition coefficient (Wildman–Crippen LogP) is 2.58. The van der Waals surface area contributed by atoms with Gasteiger partial charge in [0.25, 0.3) is 5.91 Å². The summed E-state index contributed by atoms with van der Waals surface area (Å²) in [4.78, 5) is 28.8. The van der Waals surface area contributed by atoms with Crippen molar-refractivity contribution in [1.82, 2.24) is 15.1 Å². The van der Waals surface area contributed by atoms with Crippen LogP contribution in [0.15, 0.2) is 12.1 Å². The largest absolute Gasteiger partial charge is 0.496 e. The molecular formula is C19H29N3O3. The number of carbonyl (C=O) groups is 2. The molecule has 0 atom stereocenters. The first-order valence-corrected chi connectivity index (χ1v) is 8.83. The Kier molecular flexibility index (Phi) is 6.28. The van der Waals surface area contributed by atoms with Gasteiger partial charge in [0.05, 0.1) is 7.11 Å². The fourth-order valence-electron chi connectivity index (χ4n) is 3.07. The number of hydrogen-bond donors (Lipinski definition) is 1. The number of aryl methyl sites for hydroxylation is 2. The van der Waals surface area contributed by atoms with Gasteiger partial charge < -0.3 is 19.9 Å². The van der Waals surface area contributed by atoms with Crippen LogP contribution in [-0.4, -0.2) is 61.1 Å². The molecule has 0 bridgehead atoms. The van der Waals surface area contributed by atoms with E-state index in [0.717, 1.165) is 23.3 Å². The van der Waals surface area contributed by atoms with Gasteiger partial charge >= 0.3 is 6.03 Å². The molecular weight excluding hydrogens is 318 g/mol. The molecule has 1 saturated heterocycles. The molecule has 1 aliphatic rings. The van der Waals surface area contributed by atoms with Crippen LogP contribution in [0.2, 0.25) is 0 Å². The third-order valence-electron chi connectivity index (χ3n) is 4.45. The average Bonchev–Trinajstić information content (AvgIpc) is 2.81. The monoisotopic (exact) mass is 347 g/mol. The first kappa shape index (κ1) is 19.1. The van der Waals surface area contributed by atoms with E-state index in [9.17, 15) is 9.59 Å². The van der Waals surface area contributed by atoms with Gasteiger partial charge in [-0.2, -0.15) is 0 Å². The van der Waals surface area contributed by atoms with E-state index < -0.39 is 0 Å². The molecule has 1 aromatic rings. The van der Waals surface area contributed by atoms with E-state index in [4.69, 9.17) is 4.74 Å². The van der Waals surface area contributed by atoms with Crippen LogP contribution in [0.1, 0.15) is 41.8 Å². The van der Waals surface area contributed by atoms with Gasteiger partial charge in [-0.05, 0) is 57.4 Å². The molecule has 1 fully saturated rings. The minimum Gasteiger partial charge on any atom is -0.496 e. The van der Waals surface area contributed by atoms with Crippen LogP contribution in [0.3, 0.4) is 0 Å². The minimum atomic E-state index is -0.0548. The highest BCUT2D eigenvalue weighted by atomic mass is 16.5. The van der Waals surface area contributed by atoms with Crippen molar-refractivity contribution in [3.05, 3.63) is 28.8 Å². The van der Waals surface area contributed by atoms with Gasteiger partial charge in [-0.15, -0.1) is 0 Å². The molecule has 0 radical (unpaired) electrons. The average molecular weight is 347 g/mol. The van der Waals surface area contributed by atoms with Crippen LogP contribution in [0.25, 0.3) is 0 Å². The topological polar surface area (TPSA) is 61.9 Å². The minimum absolute atomic E-state index is 0.0226. The van der Waals surface area contributed by atoms with Crippen molar-refractivity contribution in [2.24, 2.45) is 0 Å². The second-order valence-electron chi connectivity index (χ2n) is 6.87. The van der Waals surface area contributed by atoms with Crippen LogP contribution in [0, 0.1) is 13.8 Å². The zero-order chi connectivity index (χ0) is 18.6. The summed E-state index contributed by atoms with van der Waals surface area (Å²) in [5.74, 6) is 0.816. The molecule has 25 heavy (non-hydrogen) atoms. The number of urea groups is 1. The van der Waals surface area contributed by atoms with Crippen molar-refractivity contribution in [2.45, 2.75) is 40.2 Å². The summed E-state index contributed by atoms with van der Waals surface area (Å²) in [7, 11) is 1.63. The van der Waals surface area contributed by atoms with Gasteiger partial charge in [0, 0.05) is 37.8 Å². The van der Waals surface area contributed by atoms with E-state index in [0.29, 0.717) is 31.7 Å². The third kappa shape index (κ3) is 4.65. The Morgan fingerprint density at radius 2 is 1.68 bits per heavy atom. The summed E-state index contributed by atoms with van der Waals surface area (Å²) in [6.45, 7) is 10.2. The van der Waals surface area contributed by atoms with Crippen LogP contribution >= 0.6 is 0 Å². The van der Waals surface area contributed by atoms with E-state index in [2.05, 4.69) is 5.32 Å². The van der Waals surface area contributed by atoms with Gasteiger partial charge in [0.15, 0.2) is 0 Å². The number of hydrogen-bond acceptors (Lipinski definition) is 3. The van der Waals surface area contributed by atoms with Gasteiger partial charge in [-0.25, -0.2) is 4.79 Å². The summed E-state index contributed by atoms with van der Waals surface area (Å²) in [5, 5.41) is 2.91. The van der Waals surface area contributed by atoms with Crippen molar-refractivity contribution >= 4 is 11.9 Å². The lowest BCUT2D eigenvalue weighted by Gasteiger charge is -2.24. The number of rotatable bonds is 3. The fraction of sp³-hybridized carbons (Fsp3) is 0.579. The molecule has 0 unspecified atom stereocenters. The Balaban J connectivity index is 2.08. The van der Waals surface area contributed by atoms with Crippen molar-refractivity contribution in [3.8, 4) is 5.75 Å². The highest BCUT2D eigenvalue weighted by molar-refractivity contribution is 5.96.